The number of amides is 2. The molecule has 2 aliphatic rings. The molecule has 0 spiro atoms. The minimum Gasteiger partial charge on any atom is -0.466 e. The van der Waals surface area contributed by atoms with E-state index in [-0.39, 0.29) is 55.0 Å². The molecular weight excluding hydrogens is 479 g/mol. The van der Waals surface area contributed by atoms with E-state index in [4.69, 9.17) is 9.47 Å². The van der Waals surface area contributed by atoms with Gasteiger partial charge in [-0.1, -0.05) is 18.2 Å². The molecule has 0 aliphatic carbocycles. The highest BCUT2D eigenvalue weighted by Gasteiger charge is 2.43. The molecule has 0 saturated carbocycles. The molecule has 2 aliphatic heterocycles. The van der Waals surface area contributed by atoms with Crippen LogP contribution in [0, 0.1) is 5.92 Å². The van der Waals surface area contributed by atoms with Crippen molar-refractivity contribution in [2.75, 3.05) is 39.4 Å². The fraction of sp³-hybridized carbons (Fsp3) is 0.560. The number of nitrogens with zero attached hydrogens (tertiary/aromatic N) is 2. The predicted molar refractivity (Wildman–Crippen MR) is 125 cm³/mol. The molecule has 0 radical (unpaired) electrons. The summed E-state index contributed by atoms with van der Waals surface area (Å²) in [5, 5.41) is 2.58. The van der Waals surface area contributed by atoms with E-state index in [1.165, 1.54) is 23.1 Å². The van der Waals surface area contributed by atoms with Crippen LogP contribution in [0.25, 0.3) is 0 Å². The van der Waals surface area contributed by atoms with Crippen LogP contribution in [0.3, 0.4) is 0 Å². The molecule has 1 aromatic carbocycles. The standard InChI is InChI=1S/C25H32F3N3O5/c1-4-31-19(15-30-13-9-10-16(14-30)22(32)35-5-2)20(23(33)36-6-3)21(29-24(31)34)17-11-7-8-12-18(17)25(26,27)28/h7-8,11-12,16,21H,4-6,9-10,13-15H2,1-3H3,(H,29,34)/t16-,21+/m0/s1. The van der Waals surface area contributed by atoms with Gasteiger partial charge >= 0.3 is 24.1 Å². The van der Waals surface area contributed by atoms with Crippen LogP contribution in [0.2, 0.25) is 0 Å². The van der Waals surface area contributed by atoms with E-state index in [1.54, 1.807) is 20.8 Å². The van der Waals surface area contributed by atoms with Gasteiger partial charge < -0.3 is 14.8 Å². The Morgan fingerprint density at radius 2 is 1.81 bits per heavy atom. The zero-order chi connectivity index (χ0) is 26.5. The second-order valence-corrected chi connectivity index (χ2v) is 8.62. The van der Waals surface area contributed by atoms with Gasteiger partial charge in [0.1, 0.15) is 0 Å². The first-order valence-corrected chi connectivity index (χ1v) is 12.2. The number of likely N-dealkylation sites (N-methyl/N-ethyl adjacent to an activating group) is 1. The Morgan fingerprint density at radius 3 is 2.44 bits per heavy atom. The van der Waals surface area contributed by atoms with Crippen molar-refractivity contribution in [2.24, 2.45) is 5.92 Å². The van der Waals surface area contributed by atoms with Crippen LogP contribution in [0.15, 0.2) is 35.5 Å². The Labute approximate surface area is 208 Å². The molecule has 1 N–H and O–H groups in total. The van der Waals surface area contributed by atoms with E-state index in [1.807, 2.05) is 4.90 Å². The number of benzene rings is 1. The highest BCUT2D eigenvalue weighted by Crippen LogP contribution is 2.39. The van der Waals surface area contributed by atoms with Crippen LogP contribution < -0.4 is 5.32 Å². The quantitative estimate of drug-likeness (QED) is 0.533. The molecule has 1 saturated heterocycles. The highest BCUT2D eigenvalue weighted by atomic mass is 19.4. The minimum atomic E-state index is -4.69. The number of esters is 2. The number of carbonyl (C=O) groups excluding carboxylic acids is 3. The van der Waals surface area contributed by atoms with Crippen molar-refractivity contribution in [1.29, 1.82) is 0 Å². The molecule has 2 amide bonds. The van der Waals surface area contributed by atoms with Crippen molar-refractivity contribution in [2.45, 2.75) is 45.8 Å². The Morgan fingerprint density at radius 1 is 1.11 bits per heavy atom. The summed E-state index contributed by atoms with van der Waals surface area (Å²) in [4.78, 5) is 41.8. The monoisotopic (exact) mass is 511 g/mol. The summed E-state index contributed by atoms with van der Waals surface area (Å²) in [5.74, 6) is -1.47. The summed E-state index contributed by atoms with van der Waals surface area (Å²) < 4.78 is 52.0. The van der Waals surface area contributed by atoms with Gasteiger partial charge in [0.2, 0.25) is 0 Å². The molecule has 2 heterocycles. The van der Waals surface area contributed by atoms with Crippen molar-refractivity contribution >= 4 is 18.0 Å². The molecular formula is C25H32F3N3O5. The molecule has 0 bridgehead atoms. The molecule has 11 heteroatoms. The molecule has 36 heavy (non-hydrogen) atoms. The van der Waals surface area contributed by atoms with Gasteiger partial charge in [0.15, 0.2) is 0 Å². The van der Waals surface area contributed by atoms with Gasteiger partial charge in [0, 0.05) is 25.3 Å². The van der Waals surface area contributed by atoms with E-state index in [0.29, 0.717) is 25.9 Å². The molecule has 2 atom stereocenters. The van der Waals surface area contributed by atoms with Crippen molar-refractivity contribution in [3.8, 4) is 0 Å². The van der Waals surface area contributed by atoms with Crippen LogP contribution in [0.4, 0.5) is 18.0 Å². The average molecular weight is 512 g/mol. The maximum absolute atomic E-state index is 13.9. The number of ether oxygens (including phenoxy) is 2. The van der Waals surface area contributed by atoms with Gasteiger partial charge in [0.25, 0.3) is 0 Å². The van der Waals surface area contributed by atoms with Crippen molar-refractivity contribution in [3.05, 3.63) is 46.7 Å². The molecule has 1 aromatic rings. The number of urea groups is 1. The second kappa shape index (κ2) is 11.8. The lowest BCUT2D eigenvalue weighted by Gasteiger charge is -2.40. The van der Waals surface area contributed by atoms with E-state index >= 15 is 0 Å². The van der Waals surface area contributed by atoms with Gasteiger partial charge in [-0.25, -0.2) is 9.59 Å². The van der Waals surface area contributed by atoms with Crippen LogP contribution >= 0.6 is 0 Å². The number of hydrogen-bond acceptors (Lipinski definition) is 6. The summed E-state index contributed by atoms with van der Waals surface area (Å²) in [5.41, 5.74) is -0.959. The Kier molecular flexibility index (Phi) is 8.99. The first-order chi connectivity index (χ1) is 17.1. The lowest BCUT2D eigenvalue weighted by atomic mass is 9.90. The zero-order valence-corrected chi connectivity index (χ0v) is 20.7. The third-order valence-electron chi connectivity index (χ3n) is 6.33. The number of alkyl halides is 3. The molecule has 1 fully saturated rings. The van der Waals surface area contributed by atoms with E-state index < -0.39 is 29.8 Å². The zero-order valence-electron chi connectivity index (χ0n) is 20.7. The summed E-state index contributed by atoms with van der Waals surface area (Å²) in [6.45, 7) is 6.54. The molecule has 0 aromatic heterocycles. The van der Waals surface area contributed by atoms with E-state index in [2.05, 4.69) is 5.32 Å². The van der Waals surface area contributed by atoms with Gasteiger partial charge in [-0.3, -0.25) is 14.6 Å². The Hall–Kier alpha value is -3.08. The summed E-state index contributed by atoms with van der Waals surface area (Å²) in [7, 11) is 0. The molecule has 3 rings (SSSR count). The van der Waals surface area contributed by atoms with Gasteiger partial charge in [-0.15, -0.1) is 0 Å². The SMILES string of the molecule is CCOC(=O)C1=C(CN2CCC[C@H](C(=O)OCC)C2)N(CC)C(=O)N[C@@H]1c1ccccc1C(F)(F)F. The lowest BCUT2D eigenvalue weighted by molar-refractivity contribution is -0.150. The third-order valence-corrected chi connectivity index (χ3v) is 6.33. The fourth-order valence-corrected chi connectivity index (χ4v) is 4.76. The highest BCUT2D eigenvalue weighted by molar-refractivity contribution is 5.95. The summed E-state index contributed by atoms with van der Waals surface area (Å²) >= 11 is 0. The number of hydrogen-bond donors (Lipinski definition) is 1. The summed E-state index contributed by atoms with van der Waals surface area (Å²) in [6, 6.07) is 2.90. The lowest BCUT2D eigenvalue weighted by Crippen LogP contribution is -2.52. The number of piperidine rings is 1. The van der Waals surface area contributed by atoms with Crippen molar-refractivity contribution < 1.29 is 37.0 Å². The van der Waals surface area contributed by atoms with Gasteiger partial charge in [0.05, 0.1) is 36.3 Å². The number of nitrogens with one attached hydrogen (secondary N) is 1. The minimum absolute atomic E-state index is 0.0119. The Balaban J connectivity index is 2.09. The number of rotatable bonds is 8. The Bertz CT molecular complexity index is 1010. The molecule has 198 valence electrons. The van der Waals surface area contributed by atoms with Crippen molar-refractivity contribution in [1.82, 2.24) is 15.1 Å². The number of likely N-dealkylation sites (tertiary alicyclic amines) is 1. The van der Waals surface area contributed by atoms with Crippen molar-refractivity contribution in [3.63, 3.8) is 0 Å². The fourth-order valence-electron chi connectivity index (χ4n) is 4.76. The maximum atomic E-state index is 13.9. The molecule has 8 nitrogen and oxygen atoms in total. The predicted octanol–water partition coefficient (Wildman–Crippen LogP) is 3.88. The summed E-state index contributed by atoms with van der Waals surface area (Å²) in [6.07, 6.45) is -3.34. The first-order valence-electron chi connectivity index (χ1n) is 12.2. The number of halogens is 3. The number of carbonyl (C=O) groups is 3. The van der Waals surface area contributed by atoms with E-state index in [0.717, 1.165) is 6.07 Å². The van der Waals surface area contributed by atoms with Crippen LogP contribution in [0.5, 0.6) is 0 Å². The maximum Gasteiger partial charge on any atom is 0.416 e. The normalized spacial score (nSPS) is 21.3. The largest absolute Gasteiger partial charge is 0.466 e. The topological polar surface area (TPSA) is 88.2 Å². The van der Waals surface area contributed by atoms with Crippen LogP contribution in [-0.4, -0.2) is 67.2 Å². The third kappa shape index (κ3) is 6.00. The first kappa shape index (κ1) is 27.5. The molecule has 0 unspecified atom stereocenters. The second-order valence-electron chi connectivity index (χ2n) is 8.62. The van der Waals surface area contributed by atoms with E-state index in [9.17, 15) is 27.6 Å². The van der Waals surface area contributed by atoms with Gasteiger partial charge in [-0.2, -0.15) is 13.2 Å². The van der Waals surface area contributed by atoms with Gasteiger partial charge in [-0.05, 0) is 51.8 Å². The average Bonchev–Trinajstić information content (AvgIpc) is 2.84. The van der Waals surface area contributed by atoms with Crippen LogP contribution in [0.1, 0.15) is 50.8 Å². The van der Waals surface area contributed by atoms with Crippen LogP contribution in [-0.2, 0) is 25.2 Å². The smallest absolute Gasteiger partial charge is 0.416 e.